The largest absolute Gasteiger partial charge is 0.494 e. The first-order valence-electron chi connectivity index (χ1n) is 10.9. The molecule has 0 radical (unpaired) electrons. The van der Waals surface area contributed by atoms with Gasteiger partial charge >= 0.3 is 0 Å². The number of ether oxygens (including phenoxy) is 1. The number of carbonyl (C=O) groups is 1. The average molecular weight is 467 g/mol. The number of amides is 1. The summed E-state index contributed by atoms with van der Waals surface area (Å²) in [6.07, 6.45) is 1.83. The van der Waals surface area contributed by atoms with Crippen LogP contribution >= 0.6 is 0 Å². The maximum Gasteiger partial charge on any atom is 0.261 e. The number of carbonyl (C=O) groups excluding carboxylic acids is 1. The Bertz CT molecular complexity index is 1180. The van der Waals surface area contributed by atoms with E-state index in [1.807, 2.05) is 63.2 Å². The summed E-state index contributed by atoms with van der Waals surface area (Å²) in [5, 5.41) is 2.81. The number of hydrogen-bond donors (Lipinski definition) is 2. The lowest BCUT2D eigenvalue weighted by atomic mass is 10.1. The van der Waals surface area contributed by atoms with Crippen molar-refractivity contribution in [1.29, 1.82) is 0 Å². The first kappa shape index (κ1) is 24.3. The maximum absolute atomic E-state index is 12.8. The third kappa shape index (κ3) is 7.08. The summed E-state index contributed by atoms with van der Waals surface area (Å²) < 4.78 is 33.9. The zero-order valence-corrected chi connectivity index (χ0v) is 20.0. The van der Waals surface area contributed by atoms with Crippen molar-refractivity contribution in [2.24, 2.45) is 0 Å². The third-order valence-electron chi connectivity index (χ3n) is 5.22. The molecular formula is C26H30N2O4S. The van der Waals surface area contributed by atoms with Crippen LogP contribution in [0.4, 0.5) is 11.4 Å². The fourth-order valence-electron chi connectivity index (χ4n) is 3.39. The van der Waals surface area contributed by atoms with Crippen molar-refractivity contribution in [3.63, 3.8) is 0 Å². The van der Waals surface area contributed by atoms with Crippen LogP contribution < -0.4 is 14.8 Å². The van der Waals surface area contributed by atoms with Gasteiger partial charge < -0.3 is 10.1 Å². The summed E-state index contributed by atoms with van der Waals surface area (Å²) in [4.78, 5) is 12.3. The molecule has 0 aliphatic heterocycles. The van der Waals surface area contributed by atoms with Crippen LogP contribution in [0.15, 0.2) is 71.6 Å². The van der Waals surface area contributed by atoms with Crippen molar-refractivity contribution >= 4 is 27.3 Å². The topological polar surface area (TPSA) is 84.5 Å². The van der Waals surface area contributed by atoms with Gasteiger partial charge in [0.05, 0.1) is 17.2 Å². The highest BCUT2D eigenvalue weighted by Crippen LogP contribution is 2.24. The maximum atomic E-state index is 12.8. The van der Waals surface area contributed by atoms with Crippen LogP contribution in [0.25, 0.3) is 0 Å². The molecule has 0 spiro atoms. The summed E-state index contributed by atoms with van der Waals surface area (Å²) in [5.41, 5.74) is 3.99. The number of hydrogen-bond acceptors (Lipinski definition) is 4. The predicted molar refractivity (Wildman–Crippen MR) is 132 cm³/mol. The van der Waals surface area contributed by atoms with Crippen LogP contribution in [-0.4, -0.2) is 20.9 Å². The molecule has 2 N–H and O–H groups in total. The SMILES string of the molecule is Cc1cccc(OCCCCC(=O)Nc2ccc(S(=O)(=O)Nc3c(C)cccc3C)cc2)c1. The minimum Gasteiger partial charge on any atom is -0.494 e. The van der Waals surface area contributed by atoms with Gasteiger partial charge in [0.15, 0.2) is 0 Å². The van der Waals surface area contributed by atoms with Gasteiger partial charge in [0.2, 0.25) is 5.91 Å². The Morgan fingerprint density at radius 3 is 2.21 bits per heavy atom. The van der Waals surface area contributed by atoms with Crippen LogP contribution in [-0.2, 0) is 14.8 Å². The Hall–Kier alpha value is -3.32. The highest BCUT2D eigenvalue weighted by Gasteiger charge is 2.16. The summed E-state index contributed by atoms with van der Waals surface area (Å²) in [7, 11) is -3.73. The molecule has 0 aromatic heterocycles. The highest BCUT2D eigenvalue weighted by molar-refractivity contribution is 7.92. The van der Waals surface area contributed by atoms with Gasteiger partial charge in [-0.2, -0.15) is 0 Å². The van der Waals surface area contributed by atoms with Crippen LogP contribution in [0.2, 0.25) is 0 Å². The molecular weight excluding hydrogens is 436 g/mol. The van der Waals surface area contributed by atoms with E-state index in [1.165, 1.54) is 12.1 Å². The van der Waals surface area contributed by atoms with E-state index in [2.05, 4.69) is 10.0 Å². The number of benzene rings is 3. The zero-order valence-electron chi connectivity index (χ0n) is 19.2. The first-order chi connectivity index (χ1) is 15.7. The normalized spacial score (nSPS) is 11.1. The number of para-hydroxylation sites is 1. The molecule has 33 heavy (non-hydrogen) atoms. The van der Waals surface area contributed by atoms with Crippen molar-refractivity contribution < 1.29 is 17.9 Å². The average Bonchev–Trinajstić information content (AvgIpc) is 2.77. The molecule has 0 atom stereocenters. The molecule has 0 fully saturated rings. The number of aryl methyl sites for hydroxylation is 3. The Morgan fingerprint density at radius 2 is 1.55 bits per heavy atom. The number of nitrogens with one attached hydrogen (secondary N) is 2. The molecule has 0 saturated carbocycles. The van der Waals surface area contributed by atoms with Gasteiger partial charge in [-0.15, -0.1) is 0 Å². The van der Waals surface area contributed by atoms with Gasteiger partial charge in [-0.25, -0.2) is 8.42 Å². The van der Waals surface area contributed by atoms with Crippen molar-refractivity contribution in [2.75, 3.05) is 16.6 Å². The Kier molecular flexibility index (Phi) is 8.11. The van der Waals surface area contributed by atoms with E-state index in [4.69, 9.17) is 4.74 Å². The minimum atomic E-state index is -3.73. The number of rotatable bonds is 10. The van der Waals surface area contributed by atoms with E-state index < -0.39 is 10.0 Å². The van der Waals surface area contributed by atoms with Gasteiger partial charge in [-0.05, 0) is 86.7 Å². The molecule has 3 aromatic carbocycles. The highest BCUT2D eigenvalue weighted by atomic mass is 32.2. The van der Waals surface area contributed by atoms with E-state index in [1.54, 1.807) is 12.1 Å². The van der Waals surface area contributed by atoms with Crippen molar-refractivity contribution in [1.82, 2.24) is 0 Å². The van der Waals surface area contributed by atoms with Gasteiger partial charge in [-0.1, -0.05) is 30.3 Å². The number of sulfonamides is 1. The molecule has 3 rings (SSSR count). The lowest BCUT2D eigenvalue weighted by molar-refractivity contribution is -0.116. The summed E-state index contributed by atoms with van der Waals surface area (Å²) in [5.74, 6) is 0.719. The molecule has 6 nitrogen and oxygen atoms in total. The molecule has 0 heterocycles. The lowest BCUT2D eigenvalue weighted by Crippen LogP contribution is -2.15. The molecule has 174 valence electrons. The summed E-state index contributed by atoms with van der Waals surface area (Å²) in [6, 6.07) is 19.6. The minimum absolute atomic E-state index is 0.116. The first-order valence-corrected chi connectivity index (χ1v) is 12.4. The monoisotopic (exact) mass is 466 g/mol. The standard InChI is InChI=1S/C26H30N2O4S/c1-19-8-6-11-23(18-19)32-17-5-4-12-25(29)27-22-13-15-24(16-14-22)33(30,31)28-26-20(2)9-7-10-21(26)3/h6-11,13-16,18,28H,4-5,12,17H2,1-3H3,(H,27,29). The molecule has 3 aromatic rings. The van der Waals surface area contributed by atoms with Crippen LogP contribution in [0.3, 0.4) is 0 Å². The second kappa shape index (κ2) is 11.0. The summed E-state index contributed by atoms with van der Waals surface area (Å²) in [6.45, 7) is 6.29. The van der Waals surface area contributed by atoms with Crippen molar-refractivity contribution in [3.05, 3.63) is 83.4 Å². The van der Waals surface area contributed by atoms with E-state index in [-0.39, 0.29) is 10.8 Å². The predicted octanol–water partition coefficient (Wildman–Crippen LogP) is 5.60. The third-order valence-corrected chi connectivity index (χ3v) is 6.59. The van der Waals surface area contributed by atoms with E-state index >= 15 is 0 Å². The van der Waals surface area contributed by atoms with Crippen molar-refractivity contribution in [2.45, 2.75) is 44.9 Å². The van der Waals surface area contributed by atoms with Gasteiger partial charge in [0.1, 0.15) is 5.75 Å². The molecule has 0 unspecified atom stereocenters. The molecule has 0 aliphatic carbocycles. The van der Waals surface area contributed by atoms with Gasteiger partial charge in [0, 0.05) is 12.1 Å². The smallest absolute Gasteiger partial charge is 0.261 e. The Balaban J connectivity index is 1.47. The molecule has 0 aliphatic rings. The van der Waals surface area contributed by atoms with Crippen molar-refractivity contribution in [3.8, 4) is 5.75 Å². The van der Waals surface area contributed by atoms with Gasteiger partial charge in [0.25, 0.3) is 10.0 Å². The second-order valence-electron chi connectivity index (χ2n) is 8.07. The quantitative estimate of drug-likeness (QED) is 0.381. The van der Waals surface area contributed by atoms with Crippen LogP contribution in [0.1, 0.15) is 36.0 Å². The number of unbranched alkanes of at least 4 members (excludes halogenated alkanes) is 1. The second-order valence-corrected chi connectivity index (χ2v) is 9.75. The van der Waals surface area contributed by atoms with Crippen LogP contribution in [0.5, 0.6) is 5.75 Å². The van der Waals surface area contributed by atoms with Crippen LogP contribution in [0, 0.1) is 20.8 Å². The van der Waals surface area contributed by atoms with Gasteiger partial charge in [-0.3, -0.25) is 9.52 Å². The Morgan fingerprint density at radius 1 is 0.879 bits per heavy atom. The zero-order chi connectivity index (χ0) is 23.8. The van der Waals surface area contributed by atoms with E-state index in [0.717, 1.165) is 28.9 Å². The molecule has 7 heteroatoms. The Labute approximate surface area is 196 Å². The summed E-state index contributed by atoms with van der Waals surface area (Å²) >= 11 is 0. The molecule has 0 saturated heterocycles. The molecule has 1 amide bonds. The fraction of sp³-hybridized carbons (Fsp3) is 0.269. The fourth-order valence-corrected chi connectivity index (χ4v) is 4.60. The van der Waals surface area contributed by atoms with E-state index in [0.29, 0.717) is 30.8 Å². The lowest BCUT2D eigenvalue weighted by Gasteiger charge is -2.13. The molecule has 0 bridgehead atoms. The van der Waals surface area contributed by atoms with E-state index in [9.17, 15) is 13.2 Å². The number of anilines is 2.